The number of nitrogens with one attached hydrogen (secondary N) is 1. The molecule has 0 heterocycles. The molecule has 1 aromatic carbocycles. The van der Waals surface area contributed by atoms with E-state index >= 15 is 0 Å². The minimum atomic E-state index is -0.285. The number of benzene rings is 1. The SMILES string of the molecule is COC(=O)CCCNC(=O)c1ccc(Br)cc1N. The monoisotopic (exact) mass is 314 g/mol. The summed E-state index contributed by atoms with van der Waals surface area (Å²) in [6.45, 7) is 0.406. The molecule has 0 spiro atoms. The van der Waals surface area contributed by atoms with Crippen LogP contribution < -0.4 is 11.1 Å². The second kappa shape index (κ2) is 7.00. The molecule has 0 saturated heterocycles. The fraction of sp³-hybridized carbons (Fsp3) is 0.333. The molecule has 0 aliphatic carbocycles. The topological polar surface area (TPSA) is 81.4 Å². The van der Waals surface area contributed by atoms with E-state index in [1.54, 1.807) is 18.2 Å². The van der Waals surface area contributed by atoms with Gasteiger partial charge in [-0.05, 0) is 24.6 Å². The molecule has 98 valence electrons. The van der Waals surface area contributed by atoms with Gasteiger partial charge < -0.3 is 15.8 Å². The average molecular weight is 315 g/mol. The normalized spacial score (nSPS) is 9.89. The molecule has 0 aliphatic rings. The van der Waals surface area contributed by atoms with Gasteiger partial charge in [0.1, 0.15) is 0 Å². The molecule has 0 bridgehead atoms. The number of amides is 1. The molecule has 0 fully saturated rings. The molecule has 1 rings (SSSR count). The van der Waals surface area contributed by atoms with Crippen LogP contribution in [0.25, 0.3) is 0 Å². The van der Waals surface area contributed by atoms with Crippen molar-refractivity contribution in [1.82, 2.24) is 5.32 Å². The number of hydrogen-bond acceptors (Lipinski definition) is 4. The van der Waals surface area contributed by atoms with Gasteiger partial charge in [-0.1, -0.05) is 15.9 Å². The maximum atomic E-state index is 11.8. The first kappa shape index (κ1) is 14.5. The van der Waals surface area contributed by atoms with E-state index in [0.29, 0.717) is 24.2 Å². The number of esters is 1. The van der Waals surface area contributed by atoms with Crippen LogP contribution in [0.3, 0.4) is 0 Å². The zero-order valence-corrected chi connectivity index (χ0v) is 11.6. The van der Waals surface area contributed by atoms with E-state index in [0.717, 1.165) is 4.47 Å². The first-order chi connectivity index (χ1) is 8.54. The van der Waals surface area contributed by atoms with Gasteiger partial charge in [-0.15, -0.1) is 0 Å². The van der Waals surface area contributed by atoms with Crippen LogP contribution in [-0.2, 0) is 9.53 Å². The average Bonchev–Trinajstić information content (AvgIpc) is 2.34. The van der Waals surface area contributed by atoms with Gasteiger partial charge in [0, 0.05) is 23.1 Å². The molecule has 0 radical (unpaired) electrons. The summed E-state index contributed by atoms with van der Waals surface area (Å²) in [6.07, 6.45) is 0.821. The van der Waals surface area contributed by atoms with Crippen molar-refractivity contribution in [2.24, 2.45) is 0 Å². The molecule has 1 amide bonds. The van der Waals surface area contributed by atoms with E-state index in [4.69, 9.17) is 5.73 Å². The van der Waals surface area contributed by atoms with Crippen LogP contribution in [0.4, 0.5) is 5.69 Å². The molecule has 5 nitrogen and oxygen atoms in total. The maximum Gasteiger partial charge on any atom is 0.305 e. The van der Waals surface area contributed by atoms with E-state index in [1.807, 2.05) is 0 Å². The highest BCUT2D eigenvalue weighted by Crippen LogP contribution is 2.18. The Bertz CT molecular complexity index is 449. The Morgan fingerprint density at radius 2 is 2.17 bits per heavy atom. The fourth-order valence-electron chi connectivity index (χ4n) is 1.37. The van der Waals surface area contributed by atoms with Gasteiger partial charge in [-0.25, -0.2) is 0 Å². The van der Waals surface area contributed by atoms with E-state index in [-0.39, 0.29) is 18.3 Å². The Morgan fingerprint density at radius 3 is 2.78 bits per heavy atom. The van der Waals surface area contributed by atoms with Gasteiger partial charge in [-0.3, -0.25) is 9.59 Å². The molecule has 1 aromatic rings. The van der Waals surface area contributed by atoms with Crippen LogP contribution in [0.2, 0.25) is 0 Å². The number of ether oxygens (including phenoxy) is 1. The lowest BCUT2D eigenvalue weighted by molar-refractivity contribution is -0.140. The highest BCUT2D eigenvalue weighted by atomic mass is 79.9. The third kappa shape index (κ3) is 4.37. The lowest BCUT2D eigenvalue weighted by Crippen LogP contribution is -2.25. The van der Waals surface area contributed by atoms with Gasteiger partial charge in [0.25, 0.3) is 5.91 Å². The lowest BCUT2D eigenvalue weighted by atomic mass is 10.1. The first-order valence-corrected chi connectivity index (χ1v) is 6.24. The molecule has 0 saturated carbocycles. The third-order valence-electron chi connectivity index (χ3n) is 2.33. The Hall–Kier alpha value is -1.56. The summed E-state index contributed by atoms with van der Waals surface area (Å²) in [7, 11) is 1.34. The van der Waals surface area contributed by atoms with E-state index < -0.39 is 0 Å². The number of halogens is 1. The number of anilines is 1. The Labute approximate surface area is 114 Å². The largest absolute Gasteiger partial charge is 0.469 e. The zero-order chi connectivity index (χ0) is 13.5. The molecule has 3 N–H and O–H groups in total. The highest BCUT2D eigenvalue weighted by Gasteiger charge is 2.09. The molecule has 0 atom stereocenters. The standard InChI is InChI=1S/C12H15BrN2O3/c1-18-11(16)3-2-6-15-12(17)9-5-4-8(13)7-10(9)14/h4-5,7H,2-3,6,14H2,1H3,(H,15,17). The highest BCUT2D eigenvalue weighted by molar-refractivity contribution is 9.10. The summed E-state index contributed by atoms with van der Waals surface area (Å²) in [6, 6.07) is 5.07. The van der Waals surface area contributed by atoms with Crippen molar-refractivity contribution < 1.29 is 14.3 Å². The molecule has 0 aliphatic heterocycles. The van der Waals surface area contributed by atoms with Crippen LogP contribution in [0.5, 0.6) is 0 Å². The van der Waals surface area contributed by atoms with Gasteiger partial charge in [-0.2, -0.15) is 0 Å². The minimum absolute atomic E-state index is 0.245. The lowest BCUT2D eigenvalue weighted by Gasteiger charge is -2.07. The van der Waals surface area contributed by atoms with Gasteiger partial charge in [0.2, 0.25) is 0 Å². The number of methoxy groups -OCH3 is 1. The molecular formula is C12H15BrN2O3. The maximum absolute atomic E-state index is 11.8. The summed E-state index contributed by atoms with van der Waals surface area (Å²) in [5.41, 5.74) is 6.57. The van der Waals surface area contributed by atoms with Gasteiger partial charge in [0.15, 0.2) is 0 Å². The van der Waals surface area contributed by atoms with Crippen LogP contribution in [0, 0.1) is 0 Å². The van der Waals surface area contributed by atoms with Crippen LogP contribution in [0.1, 0.15) is 23.2 Å². The summed E-state index contributed by atoms with van der Waals surface area (Å²) >= 11 is 3.27. The Balaban J connectivity index is 2.43. The number of nitrogen functional groups attached to an aromatic ring is 1. The minimum Gasteiger partial charge on any atom is -0.469 e. The van der Waals surface area contributed by atoms with Gasteiger partial charge >= 0.3 is 5.97 Å². The quantitative estimate of drug-likeness (QED) is 0.492. The number of carbonyl (C=O) groups excluding carboxylic acids is 2. The summed E-state index contributed by atoms with van der Waals surface area (Å²) in [4.78, 5) is 22.6. The molecule has 0 unspecified atom stereocenters. The fourth-order valence-corrected chi connectivity index (χ4v) is 1.75. The van der Waals surface area contributed by atoms with Crippen molar-refractivity contribution >= 4 is 33.5 Å². The summed E-state index contributed by atoms with van der Waals surface area (Å²) in [5, 5.41) is 2.70. The molecule has 0 aromatic heterocycles. The van der Waals surface area contributed by atoms with E-state index in [9.17, 15) is 9.59 Å². The summed E-state index contributed by atoms with van der Waals surface area (Å²) in [5.74, 6) is -0.530. The van der Waals surface area contributed by atoms with Crippen molar-refractivity contribution in [2.75, 3.05) is 19.4 Å². The predicted octanol–water partition coefficient (Wildman–Crippen LogP) is 1.71. The van der Waals surface area contributed by atoms with Crippen molar-refractivity contribution in [2.45, 2.75) is 12.8 Å². The second-order valence-electron chi connectivity index (χ2n) is 3.67. The Morgan fingerprint density at radius 1 is 1.44 bits per heavy atom. The first-order valence-electron chi connectivity index (χ1n) is 5.44. The number of carbonyl (C=O) groups is 2. The van der Waals surface area contributed by atoms with Crippen molar-refractivity contribution in [3.05, 3.63) is 28.2 Å². The molecule has 18 heavy (non-hydrogen) atoms. The molecule has 6 heteroatoms. The van der Waals surface area contributed by atoms with E-state index in [1.165, 1.54) is 7.11 Å². The van der Waals surface area contributed by atoms with Crippen LogP contribution in [-0.4, -0.2) is 25.5 Å². The molecular weight excluding hydrogens is 300 g/mol. The van der Waals surface area contributed by atoms with Crippen molar-refractivity contribution in [3.63, 3.8) is 0 Å². The van der Waals surface area contributed by atoms with Crippen molar-refractivity contribution in [3.8, 4) is 0 Å². The zero-order valence-electron chi connectivity index (χ0n) is 10.0. The smallest absolute Gasteiger partial charge is 0.305 e. The van der Waals surface area contributed by atoms with Crippen LogP contribution >= 0.6 is 15.9 Å². The van der Waals surface area contributed by atoms with E-state index in [2.05, 4.69) is 26.0 Å². The third-order valence-corrected chi connectivity index (χ3v) is 2.82. The van der Waals surface area contributed by atoms with Crippen molar-refractivity contribution in [1.29, 1.82) is 0 Å². The van der Waals surface area contributed by atoms with Crippen LogP contribution in [0.15, 0.2) is 22.7 Å². The predicted molar refractivity (Wildman–Crippen MR) is 72.1 cm³/mol. The summed E-state index contributed by atoms with van der Waals surface area (Å²) < 4.78 is 5.32. The number of nitrogens with two attached hydrogens (primary N) is 1. The number of hydrogen-bond donors (Lipinski definition) is 2. The number of rotatable bonds is 5. The Kier molecular flexibility index (Phi) is 5.64. The second-order valence-corrected chi connectivity index (χ2v) is 4.58. The van der Waals surface area contributed by atoms with Gasteiger partial charge in [0.05, 0.1) is 12.7 Å².